The van der Waals surface area contributed by atoms with Gasteiger partial charge in [-0.15, -0.1) is 0 Å². The maximum atomic E-state index is 7.62. The van der Waals surface area contributed by atoms with Gasteiger partial charge in [-0.05, 0) is 17.0 Å². The Labute approximate surface area is 126 Å². The minimum Gasteiger partial charge on any atom is -0.489 e. The molecule has 21 heavy (non-hydrogen) atoms. The summed E-state index contributed by atoms with van der Waals surface area (Å²) in [4.78, 5) is 0. The molecule has 0 aliphatic rings. The molecule has 0 amide bonds. The van der Waals surface area contributed by atoms with Gasteiger partial charge in [0.15, 0.2) is 0 Å². The lowest BCUT2D eigenvalue weighted by Gasteiger charge is -2.23. The molecule has 0 fully saturated rings. The SMILES string of the molecule is CC(C)(C)c1ccccc1OCc1ccccc1C(=N)N. The third-order valence-corrected chi connectivity index (χ3v) is 3.39. The molecule has 2 rings (SSSR count). The lowest BCUT2D eigenvalue weighted by Crippen LogP contribution is -2.16. The van der Waals surface area contributed by atoms with Gasteiger partial charge in [-0.25, -0.2) is 0 Å². The topological polar surface area (TPSA) is 59.1 Å². The van der Waals surface area contributed by atoms with Crippen LogP contribution < -0.4 is 10.5 Å². The molecule has 0 saturated heterocycles. The number of nitrogens with one attached hydrogen (secondary N) is 1. The molecular formula is C18H22N2O. The van der Waals surface area contributed by atoms with Crippen molar-refractivity contribution in [1.29, 1.82) is 5.41 Å². The Morgan fingerprint density at radius 1 is 1.05 bits per heavy atom. The van der Waals surface area contributed by atoms with E-state index >= 15 is 0 Å². The van der Waals surface area contributed by atoms with E-state index in [4.69, 9.17) is 15.9 Å². The normalized spacial score (nSPS) is 11.2. The molecule has 2 aromatic rings. The fourth-order valence-corrected chi connectivity index (χ4v) is 2.28. The van der Waals surface area contributed by atoms with Crippen molar-refractivity contribution in [3.63, 3.8) is 0 Å². The van der Waals surface area contributed by atoms with E-state index in [2.05, 4.69) is 26.8 Å². The first-order valence-electron chi connectivity index (χ1n) is 7.04. The van der Waals surface area contributed by atoms with Crippen LogP contribution in [0.3, 0.4) is 0 Å². The highest BCUT2D eigenvalue weighted by Crippen LogP contribution is 2.31. The van der Waals surface area contributed by atoms with Crippen LogP contribution in [-0.2, 0) is 12.0 Å². The fraction of sp³-hybridized carbons (Fsp3) is 0.278. The molecule has 0 saturated carbocycles. The fourth-order valence-electron chi connectivity index (χ4n) is 2.28. The zero-order valence-electron chi connectivity index (χ0n) is 12.8. The van der Waals surface area contributed by atoms with Gasteiger partial charge >= 0.3 is 0 Å². The van der Waals surface area contributed by atoms with Crippen LogP contribution in [0.4, 0.5) is 0 Å². The van der Waals surface area contributed by atoms with Crippen molar-refractivity contribution in [3.8, 4) is 5.75 Å². The van der Waals surface area contributed by atoms with E-state index in [9.17, 15) is 0 Å². The van der Waals surface area contributed by atoms with Gasteiger partial charge in [-0.2, -0.15) is 0 Å². The highest BCUT2D eigenvalue weighted by atomic mass is 16.5. The van der Waals surface area contributed by atoms with Crippen molar-refractivity contribution < 1.29 is 4.74 Å². The lowest BCUT2D eigenvalue weighted by molar-refractivity contribution is 0.297. The molecule has 2 aromatic carbocycles. The van der Waals surface area contributed by atoms with E-state index < -0.39 is 0 Å². The van der Waals surface area contributed by atoms with Gasteiger partial charge in [0.05, 0.1) is 0 Å². The molecule has 0 unspecified atom stereocenters. The van der Waals surface area contributed by atoms with Crippen LogP contribution in [0.25, 0.3) is 0 Å². The highest BCUT2D eigenvalue weighted by Gasteiger charge is 2.18. The quantitative estimate of drug-likeness (QED) is 0.661. The molecule has 0 aliphatic carbocycles. The van der Waals surface area contributed by atoms with Crippen LogP contribution in [0.15, 0.2) is 48.5 Å². The molecule has 3 N–H and O–H groups in total. The van der Waals surface area contributed by atoms with Gasteiger partial charge in [0.25, 0.3) is 0 Å². The monoisotopic (exact) mass is 282 g/mol. The second-order valence-corrected chi connectivity index (χ2v) is 6.11. The summed E-state index contributed by atoms with van der Waals surface area (Å²) in [5.41, 5.74) is 8.46. The molecule has 0 atom stereocenters. The summed E-state index contributed by atoms with van der Waals surface area (Å²) in [6.07, 6.45) is 0. The number of amidine groups is 1. The summed E-state index contributed by atoms with van der Waals surface area (Å²) in [6, 6.07) is 15.7. The third kappa shape index (κ3) is 3.63. The van der Waals surface area contributed by atoms with Crippen LogP contribution in [0.5, 0.6) is 5.75 Å². The van der Waals surface area contributed by atoms with Gasteiger partial charge in [0, 0.05) is 11.1 Å². The minimum atomic E-state index is 0.0245. The second kappa shape index (κ2) is 6.00. The number of benzene rings is 2. The number of hydrogen-bond donors (Lipinski definition) is 2. The molecular weight excluding hydrogens is 260 g/mol. The Balaban J connectivity index is 2.24. The first-order chi connectivity index (χ1) is 9.89. The molecule has 0 aliphatic heterocycles. The van der Waals surface area contributed by atoms with E-state index in [1.165, 1.54) is 5.56 Å². The molecule has 110 valence electrons. The van der Waals surface area contributed by atoms with E-state index in [0.29, 0.717) is 6.61 Å². The van der Waals surface area contributed by atoms with Crippen molar-refractivity contribution in [2.24, 2.45) is 5.73 Å². The van der Waals surface area contributed by atoms with Crippen LogP contribution in [-0.4, -0.2) is 5.84 Å². The first kappa shape index (κ1) is 15.1. The summed E-state index contributed by atoms with van der Waals surface area (Å²) in [5.74, 6) is 0.946. The average Bonchev–Trinajstić information content (AvgIpc) is 2.44. The molecule has 0 bridgehead atoms. The number of hydrogen-bond acceptors (Lipinski definition) is 2. The van der Waals surface area contributed by atoms with Gasteiger partial charge in [-0.1, -0.05) is 63.2 Å². The van der Waals surface area contributed by atoms with E-state index in [0.717, 1.165) is 16.9 Å². The van der Waals surface area contributed by atoms with E-state index in [1.807, 2.05) is 42.5 Å². The summed E-state index contributed by atoms with van der Waals surface area (Å²) in [5, 5.41) is 7.62. The van der Waals surface area contributed by atoms with Crippen molar-refractivity contribution >= 4 is 5.84 Å². The molecule has 0 radical (unpaired) electrons. The van der Waals surface area contributed by atoms with Gasteiger partial charge in [0.1, 0.15) is 18.2 Å². The molecule has 3 heteroatoms. The van der Waals surface area contributed by atoms with Crippen LogP contribution in [0.2, 0.25) is 0 Å². The number of ether oxygens (including phenoxy) is 1. The Morgan fingerprint density at radius 2 is 1.67 bits per heavy atom. The van der Waals surface area contributed by atoms with Crippen molar-refractivity contribution in [2.45, 2.75) is 32.8 Å². The van der Waals surface area contributed by atoms with Crippen molar-refractivity contribution in [2.75, 3.05) is 0 Å². The van der Waals surface area contributed by atoms with Crippen molar-refractivity contribution in [3.05, 3.63) is 65.2 Å². The number of nitrogen functional groups attached to an aromatic ring is 1. The summed E-state index contributed by atoms with van der Waals surface area (Å²) >= 11 is 0. The van der Waals surface area contributed by atoms with Crippen LogP contribution >= 0.6 is 0 Å². The smallest absolute Gasteiger partial charge is 0.123 e. The number of para-hydroxylation sites is 1. The standard InChI is InChI=1S/C18H22N2O/c1-18(2,3)15-10-6-7-11-16(15)21-12-13-8-4-5-9-14(13)17(19)20/h4-11H,12H2,1-3H3,(H3,19,20). The molecule has 3 nitrogen and oxygen atoms in total. The Kier molecular flexibility index (Phi) is 4.32. The van der Waals surface area contributed by atoms with Crippen LogP contribution in [0.1, 0.15) is 37.5 Å². The third-order valence-electron chi connectivity index (χ3n) is 3.39. The van der Waals surface area contributed by atoms with Crippen LogP contribution in [0, 0.1) is 5.41 Å². The first-order valence-corrected chi connectivity index (χ1v) is 7.04. The van der Waals surface area contributed by atoms with Gasteiger partial charge in [-0.3, -0.25) is 5.41 Å². The predicted molar refractivity (Wildman–Crippen MR) is 86.9 cm³/mol. The summed E-state index contributed by atoms with van der Waals surface area (Å²) in [6.45, 7) is 6.90. The number of rotatable bonds is 4. The minimum absolute atomic E-state index is 0.0245. The molecule has 0 heterocycles. The predicted octanol–water partition coefficient (Wildman–Crippen LogP) is 3.85. The molecule has 0 spiro atoms. The zero-order valence-corrected chi connectivity index (χ0v) is 12.8. The maximum Gasteiger partial charge on any atom is 0.123 e. The highest BCUT2D eigenvalue weighted by molar-refractivity contribution is 5.96. The van der Waals surface area contributed by atoms with E-state index in [-0.39, 0.29) is 11.3 Å². The second-order valence-electron chi connectivity index (χ2n) is 6.11. The summed E-state index contributed by atoms with van der Waals surface area (Å²) < 4.78 is 5.99. The largest absolute Gasteiger partial charge is 0.489 e. The Bertz CT molecular complexity index is 642. The molecule has 0 aromatic heterocycles. The average molecular weight is 282 g/mol. The van der Waals surface area contributed by atoms with Gasteiger partial charge in [0.2, 0.25) is 0 Å². The van der Waals surface area contributed by atoms with Crippen molar-refractivity contribution in [1.82, 2.24) is 0 Å². The maximum absolute atomic E-state index is 7.62. The van der Waals surface area contributed by atoms with E-state index in [1.54, 1.807) is 0 Å². The lowest BCUT2D eigenvalue weighted by atomic mass is 9.86. The Morgan fingerprint density at radius 3 is 2.33 bits per heavy atom. The number of nitrogens with two attached hydrogens (primary N) is 1. The zero-order chi connectivity index (χ0) is 15.5. The Hall–Kier alpha value is -2.29. The summed E-state index contributed by atoms with van der Waals surface area (Å²) in [7, 11) is 0. The van der Waals surface area contributed by atoms with Gasteiger partial charge < -0.3 is 10.5 Å².